The van der Waals surface area contributed by atoms with Crippen LogP contribution < -0.4 is 11.1 Å². The highest BCUT2D eigenvalue weighted by Crippen LogP contribution is 2.04. The molecular weight excluding hydrogens is 144 g/mol. The molecule has 0 heterocycles. The Morgan fingerprint density at radius 2 is 2.27 bits per heavy atom. The van der Waals surface area contributed by atoms with Crippen LogP contribution in [0.1, 0.15) is 20.3 Å². The summed E-state index contributed by atoms with van der Waals surface area (Å²) in [6, 6.07) is 0. The first-order valence-electron chi connectivity index (χ1n) is 3.65. The molecule has 0 aliphatic rings. The summed E-state index contributed by atoms with van der Waals surface area (Å²) in [4.78, 5) is 10.6. The van der Waals surface area contributed by atoms with Gasteiger partial charge in [0.1, 0.15) is 6.61 Å². The van der Waals surface area contributed by atoms with E-state index in [2.05, 4.69) is 5.32 Å². The van der Waals surface area contributed by atoms with E-state index in [4.69, 9.17) is 10.5 Å². The number of carbonyl (C=O) groups excluding carboxylic acids is 1. The van der Waals surface area contributed by atoms with E-state index >= 15 is 0 Å². The third-order valence-corrected chi connectivity index (χ3v) is 1.54. The van der Waals surface area contributed by atoms with Crippen molar-refractivity contribution in [1.29, 1.82) is 0 Å². The highest BCUT2D eigenvalue weighted by atomic mass is 16.5. The molecule has 4 heteroatoms. The van der Waals surface area contributed by atoms with Crippen LogP contribution in [-0.2, 0) is 4.74 Å². The first-order valence-corrected chi connectivity index (χ1v) is 3.65. The van der Waals surface area contributed by atoms with E-state index < -0.39 is 11.6 Å². The van der Waals surface area contributed by atoms with Crippen molar-refractivity contribution < 1.29 is 9.53 Å². The standard InChI is InChI=1S/C7H16N2O2/c1-4-7(2,8)5-11-6(10)9-3/h4-5,8H2,1-3H3,(H,9,10). The minimum Gasteiger partial charge on any atom is -0.448 e. The minimum absolute atomic E-state index is 0.253. The monoisotopic (exact) mass is 160 g/mol. The summed E-state index contributed by atoms with van der Waals surface area (Å²) in [5, 5.41) is 2.34. The van der Waals surface area contributed by atoms with Crippen molar-refractivity contribution in [2.45, 2.75) is 25.8 Å². The number of rotatable bonds is 3. The molecule has 1 unspecified atom stereocenters. The summed E-state index contributed by atoms with van der Waals surface area (Å²) in [5.41, 5.74) is 5.30. The number of amides is 1. The molecule has 0 fully saturated rings. The molecule has 0 aliphatic heterocycles. The Balaban J connectivity index is 3.61. The van der Waals surface area contributed by atoms with Crippen LogP contribution in [0.3, 0.4) is 0 Å². The van der Waals surface area contributed by atoms with Crippen molar-refractivity contribution >= 4 is 6.09 Å². The predicted molar refractivity (Wildman–Crippen MR) is 43.3 cm³/mol. The van der Waals surface area contributed by atoms with Crippen LogP contribution in [0.2, 0.25) is 0 Å². The highest BCUT2D eigenvalue weighted by Gasteiger charge is 2.17. The molecule has 0 aromatic rings. The van der Waals surface area contributed by atoms with Crippen LogP contribution in [0.25, 0.3) is 0 Å². The zero-order valence-corrected chi connectivity index (χ0v) is 7.31. The fourth-order valence-electron chi connectivity index (χ4n) is 0.405. The molecule has 0 aromatic carbocycles. The predicted octanol–water partition coefficient (Wildman–Crippen LogP) is 0.470. The van der Waals surface area contributed by atoms with Gasteiger partial charge in [0.15, 0.2) is 0 Å². The van der Waals surface area contributed by atoms with Gasteiger partial charge in [0.05, 0.1) is 0 Å². The Kier molecular flexibility index (Phi) is 3.89. The molecule has 11 heavy (non-hydrogen) atoms. The zero-order chi connectivity index (χ0) is 8.91. The zero-order valence-electron chi connectivity index (χ0n) is 7.31. The Bertz CT molecular complexity index is 134. The lowest BCUT2D eigenvalue weighted by molar-refractivity contribution is 0.121. The number of alkyl carbamates (subject to hydrolysis) is 1. The average molecular weight is 160 g/mol. The summed E-state index contributed by atoms with van der Waals surface area (Å²) >= 11 is 0. The minimum atomic E-state index is -0.435. The van der Waals surface area contributed by atoms with Gasteiger partial charge in [-0.3, -0.25) is 0 Å². The molecule has 0 aromatic heterocycles. The Morgan fingerprint density at radius 1 is 1.73 bits per heavy atom. The summed E-state index contributed by atoms with van der Waals surface area (Å²) in [5.74, 6) is 0. The number of nitrogens with one attached hydrogen (secondary N) is 1. The third kappa shape index (κ3) is 4.61. The SMILES string of the molecule is CCC(C)(N)COC(=O)NC. The molecule has 66 valence electrons. The van der Waals surface area contributed by atoms with E-state index in [1.54, 1.807) is 0 Å². The van der Waals surface area contributed by atoms with Crippen molar-refractivity contribution in [2.75, 3.05) is 13.7 Å². The van der Waals surface area contributed by atoms with Gasteiger partial charge in [-0.05, 0) is 13.3 Å². The van der Waals surface area contributed by atoms with Gasteiger partial charge in [-0.25, -0.2) is 4.79 Å². The van der Waals surface area contributed by atoms with Gasteiger partial charge in [-0.2, -0.15) is 0 Å². The van der Waals surface area contributed by atoms with Crippen LogP contribution in [0.4, 0.5) is 4.79 Å². The Morgan fingerprint density at radius 3 is 2.64 bits per heavy atom. The second-order valence-corrected chi connectivity index (χ2v) is 2.83. The number of hydrogen-bond donors (Lipinski definition) is 2. The summed E-state index contributed by atoms with van der Waals surface area (Å²) in [6.07, 6.45) is 0.347. The van der Waals surface area contributed by atoms with Gasteiger partial charge in [0.2, 0.25) is 0 Å². The van der Waals surface area contributed by atoms with Crippen LogP contribution >= 0.6 is 0 Å². The van der Waals surface area contributed by atoms with Crippen molar-refractivity contribution in [2.24, 2.45) is 5.73 Å². The molecule has 0 spiro atoms. The first-order chi connectivity index (χ1) is 5.02. The second kappa shape index (κ2) is 4.18. The Labute approximate surface area is 67.1 Å². The number of carbonyl (C=O) groups is 1. The van der Waals surface area contributed by atoms with Crippen molar-refractivity contribution in [3.8, 4) is 0 Å². The molecule has 1 atom stereocenters. The molecule has 0 saturated carbocycles. The van der Waals surface area contributed by atoms with Gasteiger partial charge >= 0.3 is 6.09 Å². The molecule has 0 rings (SSSR count). The quantitative estimate of drug-likeness (QED) is 0.630. The summed E-state index contributed by atoms with van der Waals surface area (Å²) < 4.78 is 4.77. The lowest BCUT2D eigenvalue weighted by Gasteiger charge is -2.21. The Hall–Kier alpha value is -0.770. The van der Waals surface area contributed by atoms with Crippen molar-refractivity contribution in [3.05, 3.63) is 0 Å². The van der Waals surface area contributed by atoms with E-state index in [9.17, 15) is 4.79 Å². The van der Waals surface area contributed by atoms with Gasteiger partial charge in [-0.15, -0.1) is 0 Å². The average Bonchev–Trinajstić information content (AvgIpc) is 2.00. The molecule has 4 nitrogen and oxygen atoms in total. The normalized spacial score (nSPS) is 15.3. The maximum Gasteiger partial charge on any atom is 0.406 e. The number of nitrogens with two attached hydrogens (primary N) is 1. The van der Waals surface area contributed by atoms with Gasteiger partial charge in [0, 0.05) is 12.6 Å². The van der Waals surface area contributed by atoms with Crippen LogP contribution in [0, 0.1) is 0 Å². The van der Waals surface area contributed by atoms with E-state index in [0.29, 0.717) is 0 Å². The van der Waals surface area contributed by atoms with Crippen LogP contribution in [-0.4, -0.2) is 25.3 Å². The van der Waals surface area contributed by atoms with E-state index in [-0.39, 0.29) is 6.61 Å². The van der Waals surface area contributed by atoms with Crippen LogP contribution in [0.15, 0.2) is 0 Å². The van der Waals surface area contributed by atoms with Crippen molar-refractivity contribution in [1.82, 2.24) is 5.32 Å². The van der Waals surface area contributed by atoms with Gasteiger partial charge < -0.3 is 15.8 Å². The smallest absolute Gasteiger partial charge is 0.406 e. The lowest BCUT2D eigenvalue weighted by atomic mass is 10.0. The fourth-order valence-corrected chi connectivity index (χ4v) is 0.405. The summed E-state index contributed by atoms with van der Waals surface area (Å²) in [6.45, 7) is 4.05. The molecule has 3 N–H and O–H groups in total. The third-order valence-electron chi connectivity index (χ3n) is 1.54. The molecule has 0 saturated heterocycles. The molecule has 1 amide bonds. The van der Waals surface area contributed by atoms with E-state index in [1.165, 1.54) is 7.05 Å². The molecular formula is C7H16N2O2. The maximum atomic E-state index is 10.6. The highest BCUT2D eigenvalue weighted by molar-refractivity contribution is 5.66. The fraction of sp³-hybridized carbons (Fsp3) is 0.857. The van der Waals surface area contributed by atoms with Crippen LogP contribution in [0.5, 0.6) is 0 Å². The first kappa shape index (κ1) is 10.2. The number of hydrogen-bond acceptors (Lipinski definition) is 3. The van der Waals surface area contributed by atoms with E-state index in [0.717, 1.165) is 6.42 Å². The number of ether oxygens (including phenoxy) is 1. The molecule has 0 bridgehead atoms. The second-order valence-electron chi connectivity index (χ2n) is 2.83. The van der Waals surface area contributed by atoms with Gasteiger partial charge in [-0.1, -0.05) is 6.92 Å². The van der Waals surface area contributed by atoms with Crippen molar-refractivity contribution in [3.63, 3.8) is 0 Å². The van der Waals surface area contributed by atoms with E-state index in [1.807, 2.05) is 13.8 Å². The topological polar surface area (TPSA) is 64.3 Å². The van der Waals surface area contributed by atoms with Gasteiger partial charge in [0.25, 0.3) is 0 Å². The largest absolute Gasteiger partial charge is 0.448 e. The lowest BCUT2D eigenvalue weighted by Crippen LogP contribution is -2.42. The molecule has 0 aliphatic carbocycles. The molecule has 0 radical (unpaired) electrons. The summed E-state index contributed by atoms with van der Waals surface area (Å²) in [7, 11) is 1.52. The maximum absolute atomic E-state index is 10.6.